The number of hydrogen-bond donors (Lipinski definition) is 2. The highest BCUT2D eigenvalue weighted by molar-refractivity contribution is 5.98. The van der Waals surface area contributed by atoms with E-state index >= 15 is 0 Å². The monoisotopic (exact) mass is 645 g/mol. The predicted molar refractivity (Wildman–Crippen MR) is 189 cm³/mol. The predicted octanol–water partition coefficient (Wildman–Crippen LogP) is 7.65. The fourth-order valence-electron chi connectivity index (χ4n) is 7.95. The Balaban J connectivity index is 1.07. The second-order valence-electron chi connectivity index (χ2n) is 13.4. The SMILES string of the molecule is Nc1ccc([C@@H]2CC[C@@H](c3ccc(NC(=O)[C@@H]4CCCN4C(=O)[C@@H](c4ccccc4)N4CCCCC4)cc3)N2c2ccc(F)cc2)cc1. The summed E-state index contributed by atoms with van der Waals surface area (Å²) in [6.07, 6.45) is 6.68. The third-order valence-electron chi connectivity index (χ3n) is 10.3. The zero-order valence-electron chi connectivity index (χ0n) is 27.3. The van der Waals surface area contributed by atoms with E-state index in [4.69, 9.17) is 5.73 Å². The van der Waals surface area contributed by atoms with Gasteiger partial charge >= 0.3 is 0 Å². The molecule has 3 heterocycles. The van der Waals surface area contributed by atoms with Crippen LogP contribution in [0.1, 0.15) is 79.8 Å². The first-order valence-corrected chi connectivity index (χ1v) is 17.4. The molecule has 0 spiro atoms. The molecule has 248 valence electrons. The quantitative estimate of drug-likeness (QED) is 0.193. The number of nitrogen functional groups attached to an aromatic ring is 1. The van der Waals surface area contributed by atoms with E-state index in [-0.39, 0.29) is 35.8 Å². The Morgan fingerprint density at radius 3 is 1.98 bits per heavy atom. The maximum atomic E-state index is 14.2. The van der Waals surface area contributed by atoms with Gasteiger partial charge in [-0.05, 0) is 117 Å². The van der Waals surface area contributed by atoms with E-state index in [1.165, 1.54) is 24.1 Å². The van der Waals surface area contributed by atoms with Crippen molar-refractivity contribution >= 4 is 28.9 Å². The summed E-state index contributed by atoms with van der Waals surface area (Å²) in [5, 5.41) is 3.12. The van der Waals surface area contributed by atoms with Crippen LogP contribution in [0.15, 0.2) is 103 Å². The first-order chi connectivity index (χ1) is 23.5. The van der Waals surface area contributed by atoms with Crippen molar-refractivity contribution in [3.63, 3.8) is 0 Å². The smallest absolute Gasteiger partial charge is 0.247 e. The fourth-order valence-corrected chi connectivity index (χ4v) is 7.95. The highest BCUT2D eigenvalue weighted by Gasteiger charge is 2.40. The molecule has 48 heavy (non-hydrogen) atoms. The minimum Gasteiger partial charge on any atom is -0.399 e. The second kappa shape index (κ2) is 14.2. The molecule has 0 saturated carbocycles. The molecule has 3 fully saturated rings. The topological polar surface area (TPSA) is 81.9 Å². The van der Waals surface area contributed by atoms with E-state index in [1.54, 1.807) is 0 Å². The Kier molecular flexibility index (Phi) is 9.43. The van der Waals surface area contributed by atoms with Crippen LogP contribution < -0.4 is 16.0 Å². The van der Waals surface area contributed by atoms with E-state index in [0.717, 1.165) is 67.7 Å². The van der Waals surface area contributed by atoms with Crippen LogP contribution in [-0.2, 0) is 9.59 Å². The molecule has 0 radical (unpaired) electrons. The van der Waals surface area contributed by atoms with Gasteiger partial charge in [-0.1, -0.05) is 61.0 Å². The molecule has 0 aliphatic carbocycles. The standard InChI is InChI=1S/C40H44FN5O2/c41-31-15-21-34(22-16-31)46-35(28-11-17-32(42)18-12-28)23-24-36(46)29-13-19-33(20-14-29)43-39(47)37-10-7-27-45(37)40(48)38(30-8-3-1-4-9-30)44-25-5-2-6-26-44/h1,3-4,8-9,11-22,35-38H,2,5-7,10,23-27,42H2,(H,43,47)/t35-,36-,37-,38+/m0/s1. The zero-order valence-corrected chi connectivity index (χ0v) is 27.3. The number of carbonyl (C=O) groups is 2. The number of nitrogens with one attached hydrogen (secondary N) is 1. The van der Waals surface area contributed by atoms with Gasteiger partial charge in [0.05, 0.1) is 12.1 Å². The highest BCUT2D eigenvalue weighted by Crippen LogP contribution is 2.47. The lowest BCUT2D eigenvalue weighted by atomic mass is 10.00. The Bertz CT molecular complexity index is 1690. The minimum absolute atomic E-state index is 0.0221. The number of anilines is 3. The van der Waals surface area contributed by atoms with Crippen molar-refractivity contribution in [1.82, 2.24) is 9.80 Å². The number of hydrogen-bond acceptors (Lipinski definition) is 5. The van der Waals surface area contributed by atoms with Crippen molar-refractivity contribution in [3.8, 4) is 0 Å². The van der Waals surface area contributed by atoms with Gasteiger partial charge in [-0.25, -0.2) is 4.39 Å². The lowest BCUT2D eigenvalue weighted by Gasteiger charge is -2.37. The van der Waals surface area contributed by atoms with E-state index in [1.807, 2.05) is 71.6 Å². The maximum absolute atomic E-state index is 14.2. The van der Waals surface area contributed by atoms with Crippen molar-refractivity contribution in [3.05, 3.63) is 126 Å². The molecule has 8 heteroatoms. The minimum atomic E-state index is -0.502. The van der Waals surface area contributed by atoms with Gasteiger partial charge in [0.15, 0.2) is 0 Å². The van der Waals surface area contributed by atoms with Crippen molar-refractivity contribution in [2.24, 2.45) is 0 Å². The van der Waals surface area contributed by atoms with Gasteiger partial charge in [0.2, 0.25) is 11.8 Å². The summed E-state index contributed by atoms with van der Waals surface area (Å²) in [5.41, 5.74) is 11.7. The van der Waals surface area contributed by atoms with Crippen molar-refractivity contribution < 1.29 is 14.0 Å². The van der Waals surface area contributed by atoms with Gasteiger partial charge in [0, 0.05) is 23.6 Å². The van der Waals surface area contributed by atoms with Crippen LogP contribution in [0.5, 0.6) is 0 Å². The summed E-state index contributed by atoms with van der Waals surface area (Å²) in [5.74, 6) is -0.381. The number of nitrogens with two attached hydrogens (primary N) is 1. The molecule has 4 aromatic carbocycles. The normalized spacial score (nSPS) is 22.1. The maximum Gasteiger partial charge on any atom is 0.247 e. The van der Waals surface area contributed by atoms with Crippen LogP contribution >= 0.6 is 0 Å². The van der Waals surface area contributed by atoms with Gasteiger partial charge in [-0.3, -0.25) is 14.5 Å². The lowest BCUT2D eigenvalue weighted by molar-refractivity contribution is -0.142. The molecule has 7 rings (SSSR count). The van der Waals surface area contributed by atoms with Gasteiger partial charge in [-0.15, -0.1) is 0 Å². The molecule has 3 aliphatic rings. The molecule has 7 nitrogen and oxygen atoms in total. The number of rotatable bonds is 8. The molecule has 0 aromatic heterocycles. The number of likely N-dealkylation sites (tertiary alicyclic amines) is 2. The Hall–Kier alpha value is -4.69. The van der Waals surface area contributed by atoms with Crippen LogP contribution in [-0.4, -0.2) is 47.3 Å². The van der Waals surface area contributed by atoms with Crippen molar-refractivity contribution in [2.75, 3.05) is 35.6 Å². The molecular weight excluding hydrogens is 601 g/mol. The molecule has 2 amide bonds. The number of halogens is 1. The first kappa shape index (κ1) is 31.9. The number of amides is 2. The summed E-state index contributed by atoms with van der Waals surface area (Å²) in [4.78, 5) is 34.4. The molecule has 4 atom stereocenters. The van der Waals surface area contributed by atoms with E-state index in [2.05, 4.69) is 39.4 Å². The largest absolute Gasteiger partial charge is 0.399 e. The number of carbonyl (C=O) groups excluding carboxylic acids is 2. The molecule has 3 saturated heterocycles. The highest BCUT2D eigenvalue weighted by atomic mass is 19.1. The third-order valence-corrected chi connectivity index (χ3v) is 10.3. The Morgan fingerprint density at radius 2 is 1.33 bits per heavy atom. The average Bonchev–Trinajstić information content (AvgIpc) is 3.79. The summed E-state index contributed by atoms with van der Waals surface area (Å²) < 4.78 is 13.9. The Labute approximate surface area is 282 Å². The van der Waals surface area contributed by atoms with Crippen LogP contribution in [0.25, 0.3) is 0 Å². The molecule has 3 N–H and O–H groups in total. The van der Waals surface area contributed by atoms with Crippen LogP contribution in [0, 0.1) is 5.82 Å². The molecule has 0 unspecified atom stereocenters. The van der Waals surface area contributed by atoms with Gasteiger partial charge in [-0.2, -0.15) is 0 Å². The zero-order chi connectivity index (χ0) is 33.0. The fraction of sp³-hybridized carbons (Fsp3) is 0.350. The molecule has 0 bridgehead atoms. The van der Waals surface area contributed by atoms with Gasteiger partial charge in [0.25, 0.3) is 0 Å². The average molecular weight is 646 g/mol. The van der Waals surface area contributed by atoms with Gasteiger partial charge in [0.1, 0.15) is 17.9 Å². The number of nitrogens with zero attached hydrogens (tertiary/aromatic N) is 3. The summed E-state index contributed by atoms with van der Waals surface area (Å²) in [6.45, 7) is 2.37. The second-order valence-corrected chi connectivity index (χ2v) is 13.4. The number of piperidine rings is 1. The summed E-state index contributed by atoms with van der Waals surface area (Å²) in [7, 11) is 0. The Morgan fingerprint density at radius 1 is 0.708 bits per heavy atom. The van der Waals surface area contributed by atoms with E-state index < -0.39 is 6.04 Å². The van der Waals surface area contributed by atoms with Crippen LogP contribution in [0.4, 0.5) is 21.5 Å². The van der Waals surface area contributed by atoms with Crippen LogP contribution in [0.2, 0.25) is 0 Å². The molecule has 4 aromatic rings. The van der Waals surface area contributed by atoms with Crippen molar-refractivity contribution in [1.29, 1.82) is 0 Å². The van der Waals surface area contributed by atoms with E-state index in [9.17, 15) is 14.0 Å². The first-order valence-electron chi connectivity index (χ1n) is 17.4. The third kappa shape index (κ3) is 6.67. The number of benzene rings is 4. The lowest BCUT2D eigenvalue weighted by Crippen LogP contribution is -2.49. The van der Waals surface area contributed by atoms with E-state index in [0.29, 0.717) is 18.7 Å². The summed E-state index contributed by atoms with van der Waals surface area (Å²) in [6, 6.07) is 32.1. The van der Waals surface area contributed by atoms with Gasteiger partial charge < -0.3 is 20.9 Å². The van der Waals surface area contributed by atoms with Crippen molar-refractivity contribution in [2.45, 2.75) is 69.1 Å². The summed E-state index contributed by atoms with van der Waals surface area (Å²) >= 11 is 0. The molecule has 3 aliphatic heterocycles. The molecular formula is C40H44FN5O2. The van der Waals surface area contributed by atoms with Crippen LogP contribution in [0.3, 0.4) is 0 Å².